The number of Topliss-reactive ketones (excluding diaryl/α,β-unsaturated/α-hetero) is 1. The van der Waals surface area contributed by atoms with Crippen molar-refractivity contribution >= 4 is 33.1 Å². The SMILES string of the molecule is COc1cc(C2Nc3ccccc3NC3=C2C(=O)CC(c2ccc(OC)c(OC)c2)C3)c(OC)cc1Br. The molecule has 2 aliphatic rings. The highest BCUT2D eigenvalue weighted by atomic mass is 79.9. The Kier molecular flexibility index (Phi) is 7.02. The molecule has 1 aliphatic heterocycles. The minimum absolute atomic E-state index is 0.00850. The van der Waals surface area contributed by atoms with Crippen LogP contribution in [-0.4, -0.2) is 34.2 Å². The van der Waals surface area contributed by atoms with Crippen molar-refractivity contribution in [2.75, 3.05) is 39.1 Å². The summed E-state index contributed by atoms with van der Waals surface area (Å²) in [4.78, 5) is 13.9. The first-order chi connectivity index (χ1) is 18.0. The minimum atomic E-state index is -0.429. The quantitative estimate of drug-likeness (QED) is 0.355. The molecule has 2 N–H and O–H groups in total. The maximum Gasteiger partial charge on any atom is 0.163 e. The van der Waals surface area contributed by atoms with Crippen LogP contribution in [-0.2, 0) is 4.79 Å². The number of hydrogen-bond donors (Lipinski definition) is 2. The smallest absolute Gasteiger partial charge is 0.163 e. The number of methoxy groups -OCH3 is 4. The maximum atomic E-state index is 13.9. The van der Waals surface area contributed by atoms with Gasteiger partial charge >= 0.3 is 0 Å². The molecule has 2 unspecified atom stereocenters. The molecule has 3 aromatic carbocycles. The third-order valence-corrected chi connectivity index (χ3v) is 7.62. The number of carbonyl (C=O) groups is 1. The first kappa shape index (κ1) is 25.0. The largest absolute Gasteiger partial charge is 0.496 e. The second-order valence-corrected chi connectivity index (χ2v) is 9.87. The van der Waals surface area contributed by atoms with Gasteiger partial charge in [0.1, 0.15) is 11.5 Å². The van der Waals surface area contributed by atoms with Crippen LogP contribution in [0, 0.1) is 0 Å². The number of benzene rings is 3. The van der Waals surface area contributed by atoms with E-state index in [0.717, 1.165) is 32.7 Å². The number of halogens is 1. The molecule has 3 aromatic rings. The van der Waals surface area contributed by atoms with E-state index in [1.807, 2.05) is 54.6 Å². The van der Waals surface area contributed by atoms with Crippen LogP contribution in [0.15, 0.2) is 70.3 Å². The van der Waals surface area contributed by atoms with Gasteiger partial charge in [0.2, 0.25) is 0 Å². The molecule has 0 saturated heterocycles. The molecule has 0 aromatic heterocycles. The van der Waals surface area contributed by atoms with Gasteiger partial charge in [0.25, 0.3) is 0 Å². The van der Waals surface area contributed by atoms with E-state index in [1.54, 1.807) is 28.4 Å². The number of para-hydroxylation sites is 2. The fraction of sp³-hybridized carbons (Fsp3) is 0.276. The molecule has 5 rings (SSSR count). The molecule has 7 nitrogen and oxygen atoms in total. The van der Waals surface area contributed by atoms with Gasteiger partial charge in [-0.3, -0.25) is 4.79 Å². The zero-order chi connectivity index (χ0) is 26.1. The first-order valence-corrected chi connectivity index (χ1v) is 12.8. The van der Waals surface area contributed by atoms with Crippen LogP contribution in [0.5, 0.6) is 23.0 Å². The molecule has 1 aliphatic carbocycles. The van der Waals surface area contributed by atoms with Crippen molar-refractivity contribution in [2.45, 2.75) is 24.8 Å². The van der Waals surface area contributed by atoms with Crippen molar-refractivity contribution in [1.82, 2.24) is 0 Å². The van der Waals surface area contributed by atoms with E-state index in [2.05, 4.69) is 26.6 Å². The lowest BCUT2D eigenvalue weighted by molar-refractivity contribution is -0.116. The number of ketones is 1. The second kappa shape index (κ2) is 10.4. The van der Waals surface area contributed by atoms with Crippen LogP contribution in [0.2, 0.25) is 0 Å². The summed E-state index contributed by atoms with van der Waals surface area (Å²) >= 11 is 3.55. The second-order valence-electron chi connectivity index (χ2n) is 9.01. The van der Waals surface area contributed by atoms with E-state index in [-0.39, 0.29) is 11.7 Å². The molecule has 0 amide bonds. The Morgan fingerprint density at radius 3 is 2.19 bits per heavy atom. The van der Waals surface area contributed by atoms with Crippen LogP contribution in [0.1, 0.15) is 35.9 Å². The summed E-state index contributed by atoms with van der Waals surface area (Å²) in [7, 11) is 6.49. The molecular formula is C29H29BrN2O5. The molecule has 0 radical (unpaired) electrons. The van der Waals surface area contributed by atoms with Crippen LogP contribution >= 0.6 is 15.9 Å². The Morgan fingerprint density at radius 1 is 0.784 bits per heavy atom. The average Bonchev–Trinajstić information content (AvgIpc) is 3.09. The maximum absolute atomic E-state index is 13.9. The molecular weight excluding hydrogens is 536 g/mol. The van der Waals surface area contributed by atoms with Gasteiger partial charge in [-0.05, 0) is 70.2 Å². The van der Waals surface area contributed by atoms with Crippen molar-refractivity contribution in [3.05, 3.63) is 81.5 Å². The highest BCUT2D eigenvalue weighted by Crippen LogP contribution is 2.48. The zero-order valence-corrected chi connectivity index (χ0v) is 22.8. The van der Waals surface area contributed by atoms with Crippen LogP contribution in [0.25, 0.3) is 0 Å². The van der Waals surface area contributed by atoms with Crippen molar-refractivity contribution in [3.8, 4) is 23.0 Å². The molecule has 192 valence electrons. The van der Waals surface area contributed by atoms with Gasteiger partial charge in [0, 0.05) is 23.3 Å². The molecule has 0 fully saturated rings. The molecule has 37 heavy (non-hydrogen) atoms. The van der Waals surface area contributed by atoms with Crippen LogP contribution < -0.4 is 29.6 Å². The van der Waals surface area contributed by atoms with E-state index in [1.165, 1.54) is 0 Å². The van der Waals surface area contributed by atoms with Crippen molar-refractivity contribution < 1.29 is 23.7 Å². The number of hydrogen-bond acceptors (Lipinski definition) is 7. The van der Waals surface area contributed by atoms with Gasteiger partial charge in [-0.25, -0.2) is 0 Å². The predicted molar refractivity (Wildman–Crippen MR) is 147 cm³/mol. The number of carbonyl (C=O) groups excluding carboxylic acids is 1. The van der Waals surface area contributed by atoms with E-state index < -0.39 is 6.04 Å². The number of allylic oxidation sites excluding steroid dienone is 1. The third kappa shape index (κ3) is 4.62. The summed E-state index contributed by atoms with van der Waals surface area (Å²) < 4.78 is 23.0. The summed E-state index contributed by atoms with van der Waals surface area (Å²) in [5, 5.41) is 7.19. The number of anilines is 2. The predicted octanol–water partition coefficient (Wildman–Crippen LogP) is 6.46. The standard InChI is InChI=1S/C29H29BrN2O5/c1-34-24-10-9-16(13-27(24)37-4)17-11-22-28(23(33)12-17)29(32-21-8-6-5-7-20(21)31-22)18-14-26(36-3)19(30)15-25(18)35-2/h5-10,13-15,17,29,31-32H,11-12H2,1-4H3. The summed E-state index contributed by atoms with van der Waals surface area (Å²) in [5.41, 5.74) is 5.27. The Hall–Kier alpha value is -3.65. The zero-order valence-electron chi connectivity index (χ0n) is 21.2. The molecule has 0 saturated carbocycles. The van der Waals surface area contributed by atoms with E-state index >= 15 is 0 Å². The highest BCUT2D eigenvalue weighted by molar-refractivity contribution is 9.10. The summed E-state index contributed by atoms with van der Waals surface area (Å²) in [6.07, 6.45) is 1.04. The topological polar surface area (TPSA) is 78.1 Å². The lowest BCUT2D eigenvalue weighted by atomic mass is 9.78. The van der Waals surface area contributed by atoms with Gasteiger partial charge in [0.05, 0.1) is 50.3 Å². The Labute approximate surface area is 224 Å². The van der Waals surface area contributed by atoms with Gasteiger partial charge in [-0.15, -0.1) is 0 Å². The number of fused-ring (bicyclic) bond motifs is 1. The van der Waals surface area contributed by atoms with E-state index in [9.17, 15) is 4.79 Å². The van der Waals surface area contributed by atoms with Crippen molar-refractivity contribution in [1.29, 1.82) is 0 Å². The third-order valence-electron chi connectivity index (χ3n) is 7.00. The van der Waals surface area contributed by atoms with E-state index in [0.29, 0.717) is 41.4 Å². The van der Waals surface area contributed by atoms with Gasteiger partial charge in [0.15, 0.2) is 17.3 Å². The Morgan fingerprint density at radius 2 is 1.49 bits per heavy atom. The fourth-order valence-electron chi connectivity index (χ4n) is 5.18. The molecule has 0 bridgehead atoms. The van der Waals surface area contributed by atoms with E-state index in [4.69, 9.17) is 18.9 Å². The Bertz CT molecular complexity index is 1390. The van der Waals surface area contributed by atoms with Crippen LogP contribution in [0.4, 0.5) is 11.4 Å². The number of rotatable bonds is 6. The summed E-state index contributed by atoms with van der Waals surface area (Å²) in [6.45, 7) is 0. The summed E-state index contributed by atoms with van der Waals surface area (Å²) in [6, 6.07) is 17.2. The van der Waals surface area contributed by atoms with Gasteiger partial charge in [-0.1, -0.05) is 18.2 Å². The molecule has 2 atom stereocenters. The number of ether oxygens (including phenoxy) is 4. The minimum Gasteiger partial charge on any atom is -0.496 e. The molecule has 0 spiro atoms. The first-order valence-electron chi connectivity index (χ1n) is 12.0. The van der Waals surface area contributed by atoms with Crippen molar-refractivity contribution in [3.63, 3.8) is 0 Å². The lowest BCUT2D eigenvalue weighted by Crippen LogP contribution is -2.27. The highest BCUT2D eigenvalue weighted by Gasteiger charge is 2.37. The van der Waals surface area contributed by atoms with Crippen LogP contribution in [0.3, 0.4) is 0 Å². The van der Waals surface area contributed by atoms with Gasteiger partial charge in [-0.2, -0.15) is 0 Å². The Balaban J connectivity index is 1.63. The fourth-order valence-corrected chi connectivity index (χ4v) is 5.66. The lowest BCUT2D eigenvalue weighted by Gasteiger charge is -2.31. The van der Waals surface area contributed by atoms with Gasteiger partial charge < -0.3 is 29.6 Å². The molecule has 1 heterocycles. The molecule has 8 heteroatoms. The average molecular weight is 565 g/mol. The summed E-state index contributed by atoms with van der Waals surface area (Å²) in [5.74, 6) is 2.70. The monoisotopic (exact) mass is 564 g/mol. The van der Waals surface area contributed by atoms with Crippen molar-refractivity contribution in [2.24, 2.45) is 0 Å². The number of nitrogens with one attached hydrogen (secondary N) is 2. The normalized spacial score (nSPS) is 18.6.